The Hall–Kier alpha value is 0.0500. The van der Waals surface area contributed by atoms with Gasteiger partial charge in [0, 0.05) is 0 Å². The van der Waals surface area contributed by atoms with E-state index in [2.05, 4.69) is 0 Å². The molecular formula is C6H8Cl2O2. The predicted molar refractivity (Wildman–Crippen MR) is 39.6 cm³/mol. The summed E-state index contributed by atoms with van der Waals surface area (Å²) in [5, 5.41) is 7.10. The highest BCUT2D eigenvalue weighted by molar-refractivity contribution is 6.36. The average Bonchev–Trinajstić information content (AvgIpc) is 2.65. The molecule has 0 aromatic heterocycles. The van der Waals surface area contributed by atoms with Crippen molar-refractivity contribution in [1.29, 1.82) is 0 Å². The third-order valence-corrected chi connectivity index (χ3v) is 2.78. The van der Waals surface area contributed by atoms with Crippen LogP contribution in [0.5, 0.6) is 0 Å². The van der Waals surface area contributed by atoms with Crippen LogP contribution in [0.4, 0.5) is 0 Å². The summed E-state index contributed by atoms with van der Waals surface area (Å²) in [5.41, 5.74) is 0. The summed E-state index contributed by atoms with van der Waals surface area (Å²) >= 11 is 11.2. The van der Waals surface area contributed by atoms with Gasteiger partial charge < -0.3 is 5.11 Å². The highest BCUT2D eigenvalue weighted by Gasteiger charge is 2.37. The fraction of sp³-hybridized carbons (Fsp3) is 0.833. The Morgan fingerprint density at radius 3 is 2.30 bits per heavy atom. The van der Waals surface area contributed by atoms with Crippen molar-refractivity contribution < 1.29 is 9.90 Å². The van der Waals surface area contributed by atoms with Gasteiger partial charge in [0.05, 0.1) is 5.38 Å². The van der Waals surface area contributed by atoms with E-state index in [-0.39, 0.29) is 5.38 Å². The quantitative estimate of drug-likeness (QED) is 0.676. The molecule has 0 spiro atoms. The summed E-state index contributed by atoms with van der Waals surface area (Å²) in [6, 6.07) is 0. The fourth-order valence-electron chi connectivity index (χ4n) is 0.790. The molecule has 1 N–H and O–H groups in total. The van der Waals surface area contributed by atoms with Gasteiger partial charge in [0.25, 0.3) is 0 Å². The molecule has 0 radical (unpaired) electrons. The first kappa shape index (κ1) is 8.15. The lowest BCUT2D eigenvalue weighted by Gasteiger charge is -2.09. The first-order chi connectivity index (χ1) is 4.63. The normalized spacial score (nSPS) is 23.8. The number of aliphatic carboxylic acids is 1. The molecule has 0 amide bonds. The Labute approximate surface area is 69.1 Å². The van der Waals surface area contributed by atoms with Crippen molar-refractivity contribution in [2.45, 2.75) is 23.6 Å². The minimum absolute atomic E-state index is 0.334. The number of carboxylic acid groups (broad SMARTS) is 1. The molecule has 4 heteroatoms. The summed E-state index contributed by atoms with van der Waals surface area (Å²) in [7, 11) is 0. The van der Waals surface area contributed by atoms with Crippen molar-refractivity contribution in [3.8, 4) is 0 Å². The summed E-state index contributed by atoms with van der Waals surface area (Å²) in [5.74, 6) is -0.686. The van der Waals surface area contributed by atoms with Gasteiger partial charge in [-0.25, -0.2) is 0 Å². The van der Waals surface area contributed by atoms with Gasteiger partial charge in [-0.1, -0.05) is 0 Å². The van der Waals surface area contributed by atoms with Crippen molar-refractivity contribution in [3.05, 3.63) is 0 Å². The van der Waals surface area contributed by atoms with E-state index in [9.17, 15) is 4.79 Å². The number of carboxylic acids is 1. The monoisotopic (exact) mass is 182 g/mol. The first-order valence-corrected chi connectivity index (χ1v) is 4.01. The van der Waals surface area contributed by atoms with E-state index in [0.717, 1.165) is 12.8 Å². The molecule has 10 heavy (non-hydrogen) atoms. The Kier molecular flexibility index (Phi) is 2.42. The van der Waals surface area contributed by atoms with Crippen LogP contribution in [0.15, 0.2) is 0 Å². The van der Waals surface area contributed by atoms with Crippen LogP contribution in [0.1, 0.15) is 12.8 Å². The number of carbonyl (C=O) groups is 1. The number of hydrogen-bond donors (Lipinski definition) is 1. The summed E-state index contributed by atoms with van der Waals surface area (Å²) < 4.78 is 0. The van der Waals surface area contributed by atoms with Gasteiger partial charge in [-0.3, -0.25) is 4.79 Å². The molecule has 2 nitrogen and oxygen atoms in total. The molecule has 58 valence electrons. The third kappa shape index (κ3) is 1.77. The third-order valence-electron chi connectivity index (χ3n) is 1.59. The molecule has 2 unspecified atom stereocenters. The zero-order valence-corrected chi connectivity index (χ0v) is 6.77. The maximum Gasteiger partial charge on any atom is 0.323 e. The SMILES string of the molecule is O=C(O)C(Cl)C(Cl)C1CC1. The van der Waals surface area contributed by atoms with Gasteiger partial charge in [0.1, 0.15) is 5.38 Å². The van der Waals surface area contributed by atoms with E-state index >= 15 is 0 Å². The average molecular weight is 183 g/mol. The maximum absolute atomic E-state index is 10.3. The van der Waals surface area contributed by atoms with Crippen molar-refractivity contribution in [2.75, 3.05) is 0 Å². The number of rotatable bonds is 3. The molecule has 1 aliphatic carbocycles. The molecule has 0 aromatic rings. The lowest BCUT2D eigenvalue weighted by Crippen LogP contribution is -2.25. The zero-order chi connectivity index (χ0) is 7.72. The van der Waals surface area contributed by atoms with Crippen molar-refractivity contribution in [2.24, 2.45) is 5.92 Å². The summed E-state index contributed by atoms with van der Waals surface area (Å²) in [4.78, 5) is 10.3. The number of halogens is 2. The predicted octanol–water partition coefficient (Wildman–Crippen LogP) is 1.70. The van der Waals surface area contributed by atoms with Gasteiger partial charge in [0.2, 0.25) is 0 Å². The molecule has 0 heterocycles. The number of hydrogen-bond acceptors (Lipinski definition) is 1. The molecular weight excluding hydrogens is 175 g/mol. The maximum atomic E-state index is 10.3. The minimum atomic E-state index is -1.02. The molecule has 0 saturated heterocycles. The minimum Gasteiger partial charge on any atom is -0.480 e. The largest absolute Gasteiger partial charge is 0.480 e. The van der Waals surface area contributed by atoms with Crippen LogP contribution in [0.25, 0.3) is 0 Å². The second kappa shape index (κ2) is 2.97. The standard InChI is InChI=1S/C6H8Cl2O2/c7-4(3-1-2-3)5(8)6(9)10/h3-5H,1-2H2,(H,9,10). The Morgan fingerprint density at radius 1 is 1.50 bits per heavy atom. The van der Waals surface area contributed by atoms with Crippen LogP contribution < -0.4 is 0 Å². The smallest absolute Gasteiger partial charge is 0.323 e. The topological polar surface area (TPSA) is 37.3 Å². The molecule has 0 bridgehead atoms. The van der Waals surface area contributed by atoms with Crippen molar-refractivity contribution >= 4 is 29.2 Å². The lowest BCUT2D eigenvalue weighted by atomic mass is 10.2. The van der Waals surface area contributed by atoms with Crippen LogP contribution >= 0.6 is 23.2 Å². The van der Waals surface area contributed by atoms with E-state index in [1.807, 2.05) is 0 Å². The fourth-order valence-corrected chi connectivity index (χ4v) is 1.36. The van der Waals surface area contributed by atoms with E-state index in [0.29, 0.717) is 5.92 Å². The van der Waals surface area contributed by atoms with E-state index < -0.39 is 11.3 Å². The van der Waals surface area contributed by atoms with Gasteiger partial charge in [-0.15, -0.1) is 23.2 Å². The van der Waals surface area contributed by atoms with Gasteiger partial charge in [0.15, 0.2) is 0 Å². The lowest BCUT2D eigenvalue weighted by molar-refractivity contribution is -0.136. The zero-order valence-electron chi connectivity index (χ0n) is 5.26. The molecule has 1 saturated carbocycles. The Morgan fingerprint density at radius 2 is 2.00 bits per heavy atom. The van der Waals surface area contributed by atoms with Crippen molar-refractivity contribution in [3.63, 3.8) is 0 Å². The summed E-state index contributed by atoms with van der Waals surface area (Å²) in [6.45, 7) is 0. The molecule has 0 aromatic carbocycles. The molecule has 2 atom stereocenters. The highest BCUT2D eigenvalue weighted by Crippen LogP contribution is 2.38. The van der Waals surface area contributed by atoms with Crippen LogP contribution in [-0.4, -0.2) is 21.8 Å². The second-order valence-corrected chi connectivity index (χ2v) is 3.50. The van der Waals surface area contributed by atoms with Gasteiger partial charge in [-0.05, 0) is 18.8 Å². The molecule has 1 rings (SSSR count). The van der Waals surface area contributed by atoms with Crippen LogP contribution in [0.2, 0.25) is 0 Å². The Bertz CT molecular complexity index is 145. The first-order valence-electron chi connectivity index (χ1n) is 3.14. The number of alkyl halides is 2. The van der Waals surface area contributed by atoms with E-state index in [4.69, 9.17) is 28.3 Å². The van der Waals surface area contributed by atoms with E-state index in [1.165, 1.54) is 0 Å². The second-order valence-electron chi connectivity index (χ2n) is 2.52. The van der Waals surface area contributed by atoms with Crippen LogP contribution in [0.3, 0.4) is 0 Å². The highest BCUT2D eigenvalue weighted by atomic mass is 35.5. The van der Waals surface area contributed by atoms with Crippen LogP contribution in [-0.2, 0) is 4.79 Å². The van der Waals surface area contributed by atoms with Gasteiger partial charge in [-0.2, -0.15) is 0 Å². The molecule has 0 aliphatic heterocycles. The molecule has 1 fully saturated rings. The van der Waals surface area contributed by atoms with Crippen molar-refractivity contribution in [1.82, 2.24) is 0 Å². The Balaban J connectivity index is 2.38. The van der Waals surface area contributed by atoms with Crippen LogP contribution in [0, 0.1) is 5.92 Å². The summed E-state index contributed by atoms with van der Waals surface area (Å²) in [6.07, 6.45) is 2.04. The van der Waals surface area contributed by atoms with Gasteiger partial charge >= 0.3 is 5.97 Å². The molecule has 1 aliphatic rings. The van der Waals surface area contributed by atoms with E-state index in [1.54, 1.807) is 0 Å².